The molecule has 13 heavy (non-hydrogen) atoms. The summed E-state index contributed by atoms with van der Waals surface area (Å²) in [6.07, 6.45) is 3.86. The lowest BCUT2D eigenvalue weighted by atomic mass is 9.94. The van der Waals surface area contributed by atoms with Crippen LogP contribution in [0.3, 0.4) is 0 Å². The molecule has 0 spiro atoms. The first-order chi connectivity index (χ1) is 6.36. The van der Waals surface area contributed by atoms with Gasteiger partial charge in [-0.15, -0.1) is 11.3 Å². The normalized spacial score (nSPS) is 23.3. The van der Waals surface area contributed by atoms with Crippen LogP contribution in [0.2, 0.25) is 0 Å². The Bertz CT molecular complexity index is 264. The predicted octanol–water partition coefficient (Wildman–Crippen LogP) is 1.99. The quantitative estimate of drug-likeness (QED) is 0.782. The van der Waals surface area contributed by atoms with Crippen molar-refractivity contribution in [1.82, 2.24) is 10.3 Å². The highest BCUT2D eigenvalue weighted by molar-refractivity contribution is 7.09. The Balaban J connectivity index is 1.93. The molecule has 1 N–H and O–H groups in total. The largest absolute Gasteiger partial charge is 0.316 e. The fourth-order valence-electron chi connectivity index (χ4n) is 1.90. The zero-order valence-corrected chi connectivity index (χ0v) is 8.86. The third kappa shape index (κ3) is 2.29. The lowest BCUT2D eigenvalue weighted by Crippen LogP contribution is -2.31. The van der Waals surface area contributed by atoms with Crippen LogP contribution in [0.1, 0.15) is 23.4 Å². The molecule has 1 aliphatic heterocycles. The summed E-state index contributed by atoms with van der Waals surface area (Å²) in [6.45, 7) is 4.55. The topological polar surface area (TPSA) is 24.9 Å². The molecule has 0 radical (unpaired) electrons. The number of hydrogen-bond donors (Lipinski definition) is 1. The fraction of sp³-hybridized carbons (Fsp3) is 0.700. The highest BCUT2D eigenvalue weighted by atomic mass is 32.1. The molecule has 1 fully saturated rings. The fourth-order valence-corrected chi connectivity index (χ4v) is 2.51. The first-order valence-corrected chi connectivity index (χ1v) is 5.84. The number of hydrogen-bond acceptors (Lipinski definition) is 3. The summed E-state index contributed by atoms with van der Waals surface area (Å²) in [5.74, 6) is 0.814. The van der Waals surface area contributed by atoms with E-state index in [1.54, 1.807) is 11.3 Å². The van der Waals surface area contributed by atoms with Crippen molar-refractivity contribution in [2.45, 2.75) is 26.2 Å². The van der Waals surface area contributed by atoms with Crippen LogP contribution in [0.5, 0.6) is 0 Å². The van der Waals surface area contributed by atoms with E-state index in [1.165, 1.54) is 42.9 Å². The number of aryl methyl sites for hydroxylation is 1. The lowest BCUT2D eigenvalue weighted by Gasteiger charge is -2.21. The summed E-state index contributed by atoms with van der Waals surface area (Å²) in [5.41, 5.74) is 3.28. The molecule has 1 aromatic heterocycles. The van der Waals surface area contributed by atoms with Crippen LogP contribution in [0.25, 0.3) is 0 Å². The average Bonchev–Trinajstić information content (AvgIpc) is 2.54. The summed E-state index contributed by atoms with van der Waals surface area (Å²) in [6, 6.07) is 0. The van der Waals surface area contributed by atoms with E-state index in [9.17, 15) is 0 Å². The molecule has 0 amide bonds. The van der Waals surface area contributed by atoms with Crippen LogP contribution >= 0.6 is 11.3 Å². The van der Waals surface area contributed by atoms with Gasteiger partial charge in [0.05, 0.1) is 11.2 Å². The summed E-state index contributed by atoms with van der Waals surface area (Å²) in [5, 5.41) is 3.44. The van der Waals surface area contributed by atoms with Crippen molar-refractivity contribution < 1.29 is 0 Å². The Morgan fingerprint density at radius 2 is 2.62 bits per heavy atom. The third-order valence-corrected chi connectivity index (χ3v) is 3.53. The first-order valence-electron chi connectivity index (χ1n) is 4.96. The highest BCUT2D eigenvalue weighted by Gasteiger charge is 2.15. The SMILES string of the molecule is Cc1scnc1CC1CCCNC1. The molecular formula is C10H16N2S. The minimum Gasteiger partial charge on any atom is -0.316 e. The van der Waals surface area contributed by atoms with Crippen molar-refractivity contribution in [3.8, 4) is 0 Å². The van der Waals surface area contributed by atoms with E-state index in [0.29, 0.717) is 0 Å². The summed E-state index contributed by atoms with van der Waals surface area (Å²) >= 11 is 1.76. The maximum Gasteiger partial charge on any atom is 0.0797 e. The van der Waals surface area contributed by atoms with E-state index in [-0.39, 0.29) is 0 Å². The lowest BCUT2D eigenvalue weighted by molar-refractivity contribution is 0.373. The van der Waals surface area contributed by atoms with Crippen molar-refractivity contribution in [2.75, 3.05) is 13.1 Å². The number of aromatic nitrogens is 1. The number of thiazole rings is 1. The predicted molar refractivity (Wildman–Crippen MR) is 56.1 cm³/mol. The summed E-state index contributed by atoms with van der Waals surface area (Å²) in [7, 11) is 0. The van der Waals surface area contributed by atoms with Crippen molar-refractivity contribution in [2.24, 2.45) is 5.92 Å². The van der Waals surface area contributed by atoms with Gasteiger partial charge in [0, 0.05) is 4.88 Å². The molecule has 2 nitrogen and oxygen atoms in total. The molecule has 2 heterocycles. The van der Waals surface area contributed by atoms with Gasteiger partial charge in [-0.1, -0.05) is 0 Å². The van der Waals surface area contributed by atoms with E-state index in [4.69, 9.17) is 0 Å². The Morgan fingerprint density at radius 3 is 3.23 bits per heavy atom. The van der Waals surface area contributed by atoms with Gasteiger partial charge in [0.25, 0.3) is 0 Å². The number of nitrogens with one attached hydrogen (secondary N) is 1. The molecule has 1 aromatic rings. The van der Waals surface area contributed by atoms with Gasteiger partial charge in [0.15, 0.2) is 0 Å². The smallest absolute Gasteiger partial charge is 0.0797 e. The van der Waals surface area contributed by atoms with E-state index < -0.39 is 0 Å². The van der Waals surface area contributed by atoms with Crippen LogP contribution in [-0.2, 0) is 6.42 Å². The molecule has 72 valence electrons. The Kier molecular flexibility index (Phi) is 2.96. The van der Waals surface area contributed by atoms with E-state index in [0.717, 1.165) is 5.92 Å². The maximum absolute atomic E-state index is 4.40. The van der Waals surface area contributed by atoms with E-state index in [1.807, 2.05) is 5.51 Å². The molecule has 0 aliphatic carbocycles. The Morgan fingerprint density at radius 1 is 1.69 bits per heavy atom. The number of piperidine rings is 1. The second kappa shape index (κ2) is 4.20. The van der Waals surface area contributed by atoms with Crippen LogP contribution in [0, 0.1) is 12.8 Å². The zero-order chi connectivity index (χ0) is 9.10. The van der Waals surface area contributed by atoms with Gasteiger partial charge in [-0.2, -0.15) is 0 Å². The van der Waals surface area contributed by atoms with Crippen molar-refractivity contribution in [1.29, 1.82) is 0 Å². The standard InChI is InChI=1S/C10H16N2S/c1-8-10(12-7-13-8)5-9-3-2-4-11-6-9/h7,9,11H,2-6H2,1H3. The molecule has 1 aliphatic rings. The zero-order valence-electron chi connectivity index (χ0n) is 8.05. The molecule has 2 rings (SSSR count). The molecule has 0 bridgehead atoms. The van der Waals surface area contributed by atoms with Crippen molar-refractivity contribution in [3.63, 3.8) is 0 Å². The number of nitrogens with zero attached hydrogens (tertiary/aromatic N) is 1. The maximum atomic E-state index is 4.40. The molecular weight excluding hydrogens is 180 g/mol. The minimum atomic E-state index is 0.814. The van der Waals surface area contributed by atoms with Gasteiger partial charge in [0.1, 0.15) is 0 Å². The molecule has 1 unspecified atom stereocenters. The molecule has 0 saturated carbocycles. The number of rotatable bonds is 2. The molecule has 1 saturated heterocycles. The Hall–Kier alpha value is -0.410. The minimum absolute atomic E-state index is 0.814. The summed E-state index contributed by atoms with van der Waals surface area (Å²) in [4.78, 5) is 5.79. The van der Waals surface area contributed by atoms with E-state index >= 15 is 0 Å². The van der Waals surface area contributed by atoms with Crippen molar-refractivity contribution in [3.05, 3.63) is 16.1 Å². The van der Waals surface area contributed by atoms with Crippen LogP contribution in [0.15, 0.2) is 5.51 Å². The van der Waals surface area contributed by atoms with E-state index in [2.05, 4.69) is 17.2 Å². The van der Waals surface area contributed by atoms with Gasteiger partial charge in [0.2, 0.25) is 0 Å². The second-order valence-electron chi connectivity index (χ2n) is 3.77. The van der Waals surface area contributed by atoms with Gasteiger partial charge in [-0.3, -0.25) is 0 Å². The monoisotopic (exact) mass is 196 g/mol. The van der Waals surface area contributed by atoms with Gasteiger partial charge in [-0.25, -0.2) is 4.98 Å². The van der Waals surface area contributed by atoms with Crippen molar-refractivity contribution >= 4 is 11.3 Å². The Labute approximate surface area is 83.4 Å². The molecule has 3 heteroatoms. The summed E-state index contributed by atoms with van der Waals surface area (Å²) < 4.78 is 0. The van der Waals surface area contributed by atoms with Crippen LogP contribution in [-0.4, -0.2) is 18.1 Å². The first kappa shape index (κ1) is 9.16. The van der Waals surface area contributed by atoms with Gasteiger partial charge in [-0.05, 0) is 45.2 Å². The van der Waals surface area contributed by atoms with Gasteiger partial charge < -0.3 is 5.32 Å². The second-order valence-corrected chi connectivity index (χ2v) is 4.83. The van der Waals surface area contributed by atoms with Gasteiger partial charge >= 0.3 is 0 Å². The molecule has 1 atom stereocenters. The highest BCUT2D eigenvalue weighted by Crippen LogP contribution is 2.19. The molecule has 0 aromatic carbocycles. The average molecular weight is 196 g/mol. The van der Waals surface area contributed by atoms with Crippen LogP contribution < -0.4 is 5.32 Å². The third-order valence-electron chi connectivity index (χ3n) is 2.73. The van der Waals surface area contributed by atoms with Crippen LogP contribution in [0.4, 0.5) is 0 Å².